The maximum atomic E-state index is 12.2. The van der Waals surface area contributed by atoms with E-state index in [1.807, 2.05) is 24.3 Å². The second kappa shape index (κ2) is 6.73. The molecule has 0 amide bonds. The van der Waals surface area contributed by atoms with Crippen molar-refractivity contribution in [1.82, 2.24) is 0 Å². The van der Waals surface area contributed by atoms with E-state index in [9.17, 15) is 4.79 Å². The van der Waals surface area contributed by atoms with Crippen molar-refractivity contribution in [3.05, 3.63) is 95.7 Å². The van der Waals surface area contributed by atoms with Crippen molar-refractivity contribution < 1.29 is 14.1 Å². The highest BCUT2D eigenvalue weighted by Crippen LogP contribution is 2.49. The van der Waals surface area contributed by atoms with Crippen LogP contribution < -0.4 is 4.57 Å². The molecule has 4 rings (SSSR count). The highest BCUT2D eigenvalue weighted by molar-refractivity contribution is 7.99. The van der Waals surface area contributed by atoms with E-state index in [-0.39, 0.29) is 17.3 Å². The van der Waals surface area contributed by atoms with Crippen LogP contribution in [0, 0.1) is 0 Å². The monoisotopic (exact) mass is 348 g/mol. The Labute approximate surface area is 151 Å². The minimum absolute atomic E-state index is 0.133. The maximum Gasteiger partial charge on any atom is 0.345 e. The quantitative estimate of drug-likeness (QED) is 0.525. The fourth-order valence-electron chi connectivity index (χ4n) is 3.33. The van der Waals surface area contributed by atoms with Crippen molar-refractivity contribution >= 4 is 17.7 Å². The lowest BCUT2D eigenvalue weighted by Crippen LogP contribution is -2.40. The zero-order chi connectivity index (χ0) is 17.2. The van der Waals surface area contributed by atoms with Crippen molar-refractivity contribution in [2.45, 2.75) is 16.3 Å². The third-order valence-electron chi connectivity index (χ3n) is 4.47. The Balaban J connectivity index is 1.88. The van der Waals surface area contributed by atoms with Crippen LogP contribution in [-0.4, -0.2) is 13.1 Å². The molecule has 4 heteroatoms. The van der Waals surface area contributed by atoms with Gasteiger partial charge in [-0.05, 0) is 23.4 Å². The average molecular weight is 348 g/mol. The maximum absolute atomic E-state index is 12.2. The summed E-state index contributed by atoms with van der Waals surface area (Å²) in [5.74, 6) is -0.294. The smallest absolute Gasteiger partial charge is 0.345 e. The molecule has 0 radical (unpaired) electrons. The Bertz CT molecular complexity index is 896. The zero-order valence-corrected chi connectivity index (χ0v) is 14.6. The highest BCUT2D eigenvalue weighted by Gasteiger charge is 2.45. The molecule has 0 aliphatic carbocycles. The molecule has 1 aliphatic rings. The number of fused-ring (bicyclic) bond motifs is 1. The van der Waals surface area contributed by atoms with Crippen molar-refractivity contribution in [1.29, 1.82) is 0 Å². The van der Waals surface area contributed by atoms with Gasteiger partial charge in [0.15, 0.2) is 6.20 Å². The van der Waals surface area contributed by atoms with E-state index in [1.54, 1.807) is 11.8 Å². The second-order valence-corrected chi connectivity index (χ2v) is 7.06. The largest absolute Gasteiger partial charge is 0.465 e. The van der Waals surface area contributed by atoms with Gasteiger partial charge in [-0.3, -0.25) is 0 Å². The van der Waals surface area contributed by atoms with Crippen LogP contribution in [0.25, 0.3) is 0 Å². The van der Waals surface area contributed by atoms with Crippen LogP contribution in [0.15, 0.2) is 84.0 Å². The first-order valence-electron chi connectivity index (χ1n) is 8.18. The first kappa shape index (κ1) is 15.9. The second-order valence-electron chi connectivity index (χ2n) is 5.93. The van der Waals surface area contributed by atoms with E-state index >= 15 is 0 Å². The number of aromatic nitrogens is 1. The van der Waals surface area contributed by atoms with Crippen molar-refractivity contribution in [3.8, 4) is 0 Å². The lowest BCUT2D eigenvalue weighted by atomic mass is 9.98. The Morgan fingerprint density at radius 1 is 0.920 bits per heavy atom. The van der Waals surface area contributed by atoms with Crippen LogP contribution in [-0.2, 0) is 4.74 Å². The SMILES string of the molecule is COC(=O)c1ccc[n+]2c1S[C@H](c1ccccc1)[C@@H]2c1ccccc1. The van der Waals surface area contributed by atoms with Crippen LogP contribution in [0.5, 0.6) is 0 Å². The van der Waals surface area contributed by atoms with Gasteiger partial charge in [0, 0.05) is 11.6 Å². The van der Waals surface area contributed by atoms with Gasteiger partial charge in [-0.25, -0.2) is 4.79 Å². The molecule has 0 N–H and O–H groups in total. The van der Waals surface area contributed by atoms with Crippen LogP contribution >= 0.6 is 11.8 Å². The normalized spacial score (nSPS) is 18.6. The fourth-order valence-corrected chi connectivity index (χ4v) is 4.85. The highest BCUT2D eigenvalue weighted by atomic mass is 32.2. The molecule has 1 aliphatic heterocycles. The molecule has 0 fully saturated rings. The van der Waals surface area contributed by atoms with Gasteiger partial charge in [0.05, 0.1) is 7.11 Å². The summed E-state index contributed by atoms with van der Waals surface area (Å²) < 4.78 is 7.18. The zero-order valence-electron chi connectivity index (χ0n) is 13.8. The molecule has 0 saturated carbocycles. The van der Waals surface area contributed by atoms with Gasteiger partial charge in [-0.1, -0.05) is 60.7 Å². The number of carbonyl (C=O) groups excluding carboxylic acids is 1. The summed E-state index contributed by atoms with van der Waals surface area (Å²) in [5.41, 5.74) is 3.10. The molecular formula is C21H18NO2S+. The van der Waals surface area contributed by atoms with Gasteiger partial charge in [0.2, 0.25) is 6.04 Å². The summed E-state index contributed by atoms with van der Waals surface area (Å²) in [5, 5.41) is 1.16. The summed E-state index contributed by atoms with van der Waals surface area (Å²) in [6.07, 6.45) is 2.05. The predicted molar refractivity (Wildman–Crippen MR) is 97.6 cm³/mol. The average Bonchev–Trinajstić information content (AvgIpc) is 3.08. The summed E-state index contributed by atoms with van der Waals surface area (Å²) in [6.45, 7) is 0. The first-order chi connectivity index (χ1) is 12.3. The molecular weight excluding hydrogens is 330 g/mol. The number of carbonyl (C=O) groups is 1. The van der Waals surface area contributed by atoms with Gasteiger partial charge in [-0.15, -0.1) is 0 Å². The molecule has 25 heavy (non-hydrogen) atoms. The lowest BCUT2D eigenvalue weighted by molar-refractivity contribution is -0.742. The molecule has 0 spiro atoms. The van der Waals surface area contributed by atoms with Crippen LogP contribution in [0.3, 0.4) is 0 Å². The molecule has 0 bridgehead atoms. The predicted octanol–water partition coefficient (Wildman–Crippen LogP) is 4.20. The molecule has 2 aromatic carbocycles. The first-order valence-corrected chi connectivity index (χ1v) is 9.06. The van der Waals surface area contributed by atoms with Crippen LogP contribution in [0.4, 0.5) is 0 Å². The van der Waals surface area contributed by atoms with Gasteiger partial charge in [0.25, 0.3) is 5.03 Å². The van der Waals surface area contributed by atoms with Crippen molar-refractivity contribution in [2.75, 3.05) is 7.11 Å². The minimum atomic E-state index is -0.294. The number of esters is 1. The molecule has 3 aromatic rings. The van der Waals surface area contributed by atoms with E-state index in [1.165, 1.54) is 18.2 Å². The molecule has 124 valence electrons. The Hall–Kier alpha value is -2.59. The number of hydrogen-bond acceptors (Lipinski definition) is 3. The van der Waals surface area contributed by atoms with Crippen molar-refractivity contribution in [2.24, 2.45) is 0 Å². The summed E-state index contributed by atoms with van der Waals surface area (Å²) in [6, 6.07) is 24.8. The van der Waals surface area contributed by atoms with Crippen LogP contribution in [0.1, 0.15) is 32.8 Å². The van der Waals surface area contributed by atoms with E-state index in [2.05, 4.69) is 59.3 Å². The molecule has 2 atom stereocenters. The Morgan fingerprint density at radius 2 is 1.56 bits per heavy atom. The van der Waals surface area contributed by atoms with Crippen molar-refractivity contribution in [3.63, 3.8) is 0 Å². The minimum Gasteiger partial charge on any atom is -0.465 e. The number of benzene rings is 2. The number of hydrogen-bond donors (Lipinski definition) is 0. The number of pyridine rings is 1. The standard InChI is InChI=1S/C21H18NO2S/c1-24-21(23)17-13-8-14-22-18(15-9-4-2-5-10-15)19(25-20(17)22)16-11-6-3-7-12-16/h2-14,18-19H,1H3/q+1/t18-,19+/m0/s1. The number of nitrogens with zero attached hydrogens (tertiary/aromatic N) is 1. The number of methoxy groups -OCH3 is 1. The van der Waals surface area contributed by atoms with Crippen LogP contribution in [0.2, 0.25) is 0 Å². The van der Waals surface area contributed by atoms with Gasteiger partial charge in [0.1, 0.15) is 10.8 Å². The Kier molecular flexibility index (Phi) is 4.28. The topological polar surface area (TPSA) is 30.2 Å². The van der Waals surface area contributed by atoms with E-state index < -0.39 is 0 Å². The summed E-state index contributed by atoms with van der Waals surface area (Å²) in [7, 11) is 1.43. The summed E-state index contributed by atoms with van der Waals surface area (Å²) >= 11 is 1.72. The summed E-state index contributed by atoms with van der Waals surface area (Å²) in [4.78, 5) is 12.2. The number of rotatable bonds is 3. The molecule has 1 aromatic heterocycles. The van der Waals surface area contributed by atoms with Gasteiger partial charge >= 0.3 is 5.97 Å². The number of ether oxygens (including phenoxy) is 1. The molecule has 2 heterocycles. The fraction of sp³-hybridized carbons (Fsp3) is 0.143. The van der Waals surface area contributed by atoms with E-state index in [0.29, 0.717) is 5.56 Å². The number of thioether (sulfide) groups is 1. The molecule has 0 saturated heterocycles. The third-order valence-corrected chi connectivity index (χ3v) is 5.91. The van der Waals surface area contributed by atoms with E-state index in [0.717, 1.165) is 5.03 Å². The molecule has 3 nitrogen and oxygen atoms in total. The Morgan fingerprint density at radius 3 is 2.20 bits per heavy atom. The molecule has 0 unspecified atom stereocenters. The third kappa shape index (κ3) is 2.83. The van der Waals surface area contributed by atoms with Gasteiger partial charge in [-0.2, -0.15) is 4.57 Å². The lowest BCUT2D eigenvalue weighted by Gasteiger charge is -2.15. The van der Waals surface area contributed by atoms with E-state index in [4.69, 9.17) is 4.74 Å². The van der Waals surface area contributed by atoms with Gasteiger partial charge < -0.3 is 4.74 Å².